The first kappa shape index (κ1) is 27.4. The third kappa shape index (κ3) is 7.01. The summed E-state index contributed by atoms with van der Waals surface area (Å²) >= 11 is 3.48. The zero-order valence-corrected chi connectivity index (χ0v) is 20.4. The summed E-state index contributed by atoms with van der Waals surface area (Å²) in [5.74, 6) is 0. The average molecular weight is 478 g/mol. The molecule has 4 nitrogen and oxygen atoms in total. The number of imidazole rings is 1. The van der Waals surface area contributed by atoms with E-state index in [1.165, 1.54) is 12.8 Å². The van der Waals surface area contributed by atoms with Crippen molar-refractivity contribution in [2.45, 2.75) is 32.3 Å². The number of aliphatic hydroxyl groups is 1. The molecule has 148 valence electrons. The van der Waals surface area contributed by atoms with Crippen molar-refractivity contribution >= 4 is 50.0 Å². The fourth-order valence-electron chi connectivity index (χ4n) is 2.74. The second-order valence-electron chi connectivity index (χ2n) is 6.68. The predicted octanol–water partition coefficient (Wildman–Crippen LogP) is 1.89. The number of hydrogen-bond donors (Lipinski definition) is 1. The Bertz CT molecular complexity index is 853. The molecule has 0 aliphatic carbocycles. The third-order valence-electron chi connectivity index (χ3n) is 4.17. The second-order valence-corrected chi connectivity index (χ2v) is 7.59. The molecular weight excluding hydrogens is 452 g/mol. The van der Waals surface area contributed by atoms with Crippen LogP contribution in [0.2, 0.25) is 0 Å². The summed E-state index contributed by atoms with van der Waals surface area (Å²) in [6.07, 6.45) is 4.36. The average Bonchev–Trinajstić information content (AvgIpc) is 3.26. The van der Waals surface area contributed by atoms with Gasteiger partial charge in [0, 0.05) is 23.4 Å². The quantitative estimate of drug-likeness (QED) is 0.453. The van der Waals surface area contributed by atoms with Gasteiger partial charge in [-0.25, -0.2) is 4.98 Å². The third-order valence-corrected chi connectivity index (χ3v) is 4.66. The van der Waals surface area contributed by atoms with Crippen LogP contribution >= 0.6 is 15.9 Å². The van der Waals surface area contributed by atoms with Crippen molar-refractivity contribution in [2.75, 3.05) is 13.2 Å². The van der Waals surface area contributed by atoms with E-state index in [0.717, 1.165) is 40.0 Å². The van der Waals surface area contributed by atoms with Crippen molar-refractivity contribution in [1.29, 1.82) is 0 Å². The standard InChI is InChI=1S/C16H15BrN2O.C4H8O.CH3.ClH.Mg/c1-16(2,20)11-6-7-15-14(8-11)18-10-19(15)13-5-3-4-12(17)9-13;1-2-4-5-3-1;;;/h3-10,20H,1-2H3;1-4H2;1H3;1H;/q;;-1;;+2/p-1. The Labute approximate surface area is 198 Å². The van der Waals surface area contributed by atoms with Crippen molar-refractivity contribution in [1.82, 2.24) is 9.55 Å². The first-order valence-corrected chi connectivity index (χ1v) is 9.28. The summed E-state index contributed by atoms with van der Waals surface area (Å²) in [7, 11) is 0. The van der Waals surface area contributed by atoms with Crippen molar-refractivity contribution in [3.8, 4) is 5.69 Å². The van der Waals surface area contributed by atoms with Gasteiger partial charge in [0.05, 0.1) is 16.6 Å². The molecule has 7 heteroatoms. The van der Waals surface area contributed by atoms with Gasteiger partial charge in [-0.1, -0.05) is 28.1 Å². The number of ether oxygens (including phenoxy) is 1. The monoisotopic (exact) mass is 476 g/mol. The predicted molar refractivity (Wildman–Crippen MR) is 116 cm³/mol. The van der Waals surface area contributed by atoms with Crippen LogP contribution in [0.15, 0.2) is 53.3 Å². The molecule has 1 aromatic heterocycles. The maximum absolute atomic E-state index is 10.1. The fourth-order valence-corrected chi connectivity index (χ4v) is 3.12. The Morgan fingerprint density at radius 2 is 1.79 bits per heavy atom. The molecule has 2 aromatic carbocycles. The van der Waals surface area contributed by atoms with Crippen LogP contribution < -0.4 is 12.4 Å². The van der Waals surface area contributed by atoms with Gasteiger partial charge in [-0.2, -0.15) is 0 Å². The Hall–Kier alpha value is -0.634. The van der Waals surface area contributed by atoms with Gasteiger partial charge in [-0.3, -0.25) is 4.57 Å². The molecule has 1 saturated heterocycles. The molecule has 4 rings (SSSR count). The van der Waals surface area contributed by atoms with Gasteiger partial charge in [-0.05, 0) is 62.6 Å². The van der Waals surface area contributed by atoms with E-state index in [4.69, 9.17) is 4.74 Å². The van der Waals surface area contributed by atoms with E-state index in [1.807, 2.05) is 47.0 Å². The first-order valence-electron chi connectivity index (χ1n) is 8.49. The van der Waals surface area contributed by atoms with Gasteiger partial charge >= 0.3 is 23.1 Å². The summed E-state index contributed by atoms with van der Waals surface area (Å²) in [6, 6.07) is 13.9. The largest absolute Gasteiger partial charge is 2.00 e. The van der Waals surface area contributed by atoms with Crippen LogP contribution in [-0.2, 0) is 10.3 Å². The van der Waals surface area contributed by atoms with Crippen molar-refractivity contribution in [2.24, 2.45) is 0 Å². The Morgan fingerprint density at radius 1 is 1.11 bits per heavy atom. The molecule has 0 atom stereocenters. The zero-order chi connectivity index (χ0) is 17.9. The van der Waals surface area contributed by atoms with Crippen molar-refractivity contribution in [3.63, 3.8) is 0 Å². The topological polar surface area (TPSA) is 47.3 Å². The van der Waals surface area contributed by atoms with Crippen LogP contribution in [0.4, 0.5) is 0 Å². The van der Waals surface area contributed by atoms with E-state index in [9.17, 15) is 5.11 Å². The van der Waals surface area contributed by atoms with Crippen molar-refractivity contribution < 1.29 is 22.3 Å². The van der Waals surface area contributed by atoms with Crippen LogP contribution in [0, 0.1) is 7.43 Å². The molecule has 0 saturated carbocycles. The SMILES string of the molecule is C1CCOC1.CC(C)(O)c1ccc2c(c1)ncn2-c1cccc(Br)c1.[CH3-].[Cl-].[Mg+2]. The Morgan fingerprint density at radius 3 is 2.32 bits per heavy atom. The minimum absolute atomic E-state index is 0. The minimum atomic E-state index is -0.853. The number of nitrogens with zero attached hydrogens (tertiary/aromatic N) is 2. The number of fused-ring (bicyclic) bond motifs is 1. The van der Waals surface area contributed by atoms with E-state index in [0.29, 0.717) is 0 Å². The normalized spacial score (nSPS) is 12.9. The molecule has 0 unspecified atom stereocenters. The van der Waals surface area contributed by atoms with Crippen molar-refractivity contribution in [3.05, 3.63) is 66.3 Å². The van der Waals surface area contributed by atoms with Crippen LogP contribution in [0.3, 0.4) is 0 Å². The van der Waals surface area contributed by atoms with Gasteiger partial charge in [0.15, 0.2) is 0 Å². The van der Waals surface area contributed by atoms with E-state index in [1.54, 1.807) is 20.2 Å². The zero-order valence-electron chi connectivity index (χ0n) is 16.7. The molecular formula is C21H26BrClMgN2O2. The minimum Gasteiger partial charge on any atom is -1.00 e. The second kappa shape index (κ2) is 12.2. The summed E-state index contributed by atoms with van der Waals surface area (Å²) < 4.78 is 8.01. The number of halogens is 2. The summed E-state index contributed by atoms with van der Waals surface area (Å²) in [5, 5.41) is 10.1. The Balaban J connectivity index is 0.000000801. The molecule has 0 amide bonds. The van der Waals surface area contributed by atoms with Gasteiger partial charge in [-0.15, -0.1) is 0 Å². The number of hydrogen-bond acceptors (Lipinski definition) is 3. The van der Waals surface area contributed by atoms with Crippen LogP contribution in [0.5, 0.6) is 0 Å². The smallest absolute Gasteiger partial charge is 1.00 e. The van der Waals surface area contributed by atoms with Gasteiger partial charge in [0.25, 0.3) is 0 Å². The van der Waals surface area contributed by atoms with Crippen LogP contribution in [0.25, 0.3) is 16.7 Å². The van der Waals surface area contributed by atoms with Crippen LogP contribution in [0.1, 0.15) is 32.3 Å². The summed E-state index contributed by atoms with van der Waals surface area (Å²) in [6.45, 7) is 5.55. The van der Waals surface area contributed by atoms with Crippen LogP contribution in [-0.4, -0.2) is 50.9 Å². The molecule has 28 heavy (non-hydrogen) atoms. The molecule has 0 radical (unpaired) electrons. The van der Waals surface area contributed by atoms with Gasteiger partial charge in [0.1, 0.15) is 6.33 Å². The molecule has 2 heterocycles. The molecule has 1 aliphatic rings. The molecule has 0 bridgehead atoms. The van der Waals surface area contributed by atoms with E-state index in [-0.39, 0.29) is 42.9 Å². The maximum Gasteiger partial charge on any atom is 2.00 e. The van der Waals surface area contributed by atoms with Gasteiger partial charge in [0.2, 0.25) is 0 Å². The maximum atomic E-state index is 10.1. The van der Waals surface area contributed by atoms with E-state index >= 15 is 0 Å². The Kier molecular flexibility index (Phi) is 11.9. The fraction of sp³-hybridized carbons (Fsp3) is 0.333. The molecule has 1 aliphatic heterocycles. The van der Waals surface area contributed by atoms with E-state index in [2.05, 4.69) is 20.9 Å². The van der Waals surface area contributed by atoms with Gasteiger partial charge < -0.3 is 29.7 Å². The number of rotatable bonds is 2. The summed E-state index contributed by atoms with van der Waals surface area (Å²) in [5.41, 5.74) is 2.97. The number of aromatic nitrogens is 2. The molecule has 0 spiro atoms. The van der Waals surface area contributed by atoms with E-state index < -0.39 is 5.60 Å². The molecule has 1 N–H and O–H groups in total. The first-order chi connectivity index (χ1) is 11.9. The molecule has 3 aromatic rings. The number of benzene rings is 2. The summed E-state index contributed by atoms with van der Waals surface area (Å²) in [4.78, 5) is 4.44. The molecule has 1 fully saturated rings.